The van der Waals surface area contributed by atoms with Crippen molar-refractivity contribution < 1.29 is 18.8 Å². The second kappa shape index (κ2) is 9.58. The Hall–Kier alpha value is -2.83. The number of benzene rings is 1. The molecule has 0 saturated heterocycles. The van der Waals surface area contributed by atoms with Gasteiger partial charge >= 0.3 is 0 Å². The number of ether oxygens (including phenoxy) is 1. The quantitative estimate of drug-likeness (QED) is 0.664. The maximum atomic E-state index is 12.5. The highest BCUT2D eigenvalue weighted by molar-refractivity contribution is 5.92. The van der Waals surface area contributed by atoms with E-state index in [9.17, 15) is 9.59 Å². The van der Waals surface area contributed by atoms with E-state index in [-0.39, 0.29) is 23.4 Å². The normalized spacial score (nSPS) is 13.4. The molecule has 2 amide bonds. The smallest absolute Gasteiger partial charge is 0.273 e. The Kier molecular flexibility index (Phi) is 6.90. The van der Waals surface area contributed by atoms with Crippen molar-refractivity contribution in [3.05, 3.63) is 47.3 Å². The molecule has 0 radical (unpaired) electrons. The third-order valence-corrected chi connectivity index (χ3v) is 4.82. The molecular weight excluding hydrogens is 370 g/mol. The van der Waals surface area contributed by atoms with Crippen LogP contribution in [0.1, 0.15) is 48.5 Å². The Morgan fingerprint density at radius 2 is 2.00 bits per heavy atom. The summed E-state index contributed by atoms with van der Waals surface area (Å²) in [6, 6.07) is 9.36. The summed E-state index contributed by atoms with van der Waals surface area (Å²) in [4.78, 5) is 26.6. The number of nitrogens with one attached hydrogen (secondary N) is 1. The number of hydrogen-bond donors (Lipinski definition) is 1. The summed E-state index contributed by atoms with van der Waals surface area (Å²) in [6.07, 6.45) is 2.63. The fourth-order valence-electron chi connectivity index (χ4n) is 3.15. The molecule has 1 aromatic heterocycles. The Morgan fingerprint density at radius 1 is 1.28 bits per heavy atom. The van der Waals surface area contributed by atoms with E-state index in [0.717, 1.165) is 24.2 Å². The molecular formula is C22H29N3O4. The van der Waals surface area contributed by atoms with Gasteiger partial charge in [-0.05, 0) is 42.9 Å². The summed E-state index contributed by atoms with van der Waals surface area (Å²) in [5.74, 6) is 1.73. The summed E-state index contributed by atoms with van der Waals surface area (Å²) in [5, 5.41) is 6.73. The van der Waals surface area contributed by atoms with Crippen molar-refractivity contribution in [2.24, 2.45) is 11.8 Å². The van der Waals surface area contributed by atoms with Crippen LogP contribution in [0.5, 0.6) is 5.75 Å². The molecule has 0 atom stereocenters. The third-order valence-electron chi connectivity index (χ3n) is 4.82. The molecule has 1 heterocycles. The van der Waals surface area contributed by atoms with Gasteiger partial charge in [-0.15, -0.1) is 0 Å². The lowest BCUT2D eigenvalue weighted by molar-refractivity contribution is -0.134. The van der Waals surface area contributed by atoms with Gasteiger partial charge in [-0.1, -0.05) is 31.1 Å². The van der Waals surface area contributed by atoms with Gasteiger partial charge in [0.15, 0.2) is 11.5 Å². The molecule has 1 aromatic carbocycles. The van der Waals surface area contributed by atoms with Crippen molar-refractivity contribution in [1.29, 1.82) is 0 Å². The molecule has 7 heteroatoms. The molecule has 0 aliphatic heterocycles. The van der Waals surface area contributed by atoms with Crippen LogP contribution in [0.4, 0.5) is 0 Å². The molecule has 1 N–H and O–H groups in total. The summed E-state index contributed by atoms with van der Waals surface area (Å²) in [5.41, 5.74) is 1.34. The average molecular weight is 399 g/mol. The van der Waals surface area contributed by atoms with Crippen molar-refractivity contribution in [1.82, 2.24) is 15.4 Å². The van der Waals surface area contributed by atoms with Crippen LogP contribution in [0.15, 0.2) is 34.9 Å². The Bertz CT molecular complexity index is 825. The first-order valence-corrected chi connectivity index (χ1v) is 10.1. The van der Waals surface area contributed by atoms with E-state index in [0.29, 0.717) is 37.7 Å². The molecule has 1 saturated carbocycles. The number of carbonyl (C=O) groups excluding carboxylic acids is 2. The molecule has 0 unspecified atom stereocenters. The van der Waals surface area contributed by atoms with Gasteiger partial charge in [0.25, 0.3) is 5.91 Å². The minimum Gasteiger partial charge on any atom is -0.497 e. The van der Waals surface area contributed by atoms with E-state index < -0.39 is 0 Å². The summed E-state index contributed by atoms with van der Waals surface area (Å²) < 4.78 is 10.5. The number of rotatable bonds is 10. The molecule has 1 aliphatic carbocycles. The average Bonchev–Trinajstić information content (AvgIpc) is 3.45. The Labute approximate surface area is 171 Å². The van der Waals surface area contributed by atoms with Gasteiger partial charge in [-0.25, -0.2) is 0 Å². The number of hydrogen-bond acceptors (Lipinski definition) is 5. The summed E-state index contributed by atoms with van der Waals surface area (Å²) >= 11 is 0. The highest BCUT2D eigenvalue weighted by Gasteiger charge is 2.34. The highest BCUT2D eigenvalue weighted by Crippen LogP contribution is 2.31. The number of carbonyl (C=O) groups is 2. The first-order valence-electron chi connectivity index (χ1n) is 10.1. The van der Waals surface area contributed by atoms with Crippen molar-refractivity contribution in [3.63, 3.8) is 0 Å². The predicted octanol–water partition coefficient (Wildman–Crippen LogP) is 3.05. The minimum atomic E-state index is -0.280. The first-order chi connectivity index (χ1) is 14.0. The zero-order chi connectivity index (χ0) is 20.8. The number of amides is 2. The van der Waals surface area contributed by atoms with E-state index in [1.165, 1.54) is 0 Å². The highest BCUT2D eigenvalue weighted by atomic mass is 16.5. The molecule has 0 bridgehead atoms. The van der Waals surface area contributed by atoms with Crippen LogP contribution in [-0.4, -0.2) is 42.1 Å². The van der Waals surface area contributed by atoms with Crippen LogP contribution in [-0.2, 0) is 17.8 Å². The summed E-state index contributed by atoms with van der Waals surface area (Å²) in [6.45, 7) is 5.66. The van der Waals surface area contributed by atoms with E-state index in [2.05, 4.69) is 24.3 Å². The number of nitrogens with zero attached hydrogens (tertiary/aromatic N) is 2. The van der Waals surface area contributed by atoms with Gasteiger partial charge < -0.3 is 19.5 Å². The topological polar surface area (TPSA) is 84.7 Å². The van der Waals surface area contributed by atoms with Crippen molar-refractivity contribution >= 4 is 11.8 Å². The molecule has 29 heavy (non-hydrogen) atoms. The van der Waals surface area contributed by atoms with E-state index in [1.807, 2.05) is 29.2 Å². The number of aromatic nitrogens is 1. The van der Waals surface area contributed by atoms with Gasteiger partial charge in [0.1, 0.15) is 5.75 Å². The fourth-order valence-corrected chi connectivity index (χ4v) is 3.15. The Morgan fingerprint density at radius 3 is 2.62 bits per heavy atom. The van der Waals surface area contributed by atoms with E-state index in [1.54, 1.807) is 13.2 Å². The van der Waals surface area contributed by atoms with Crippen molar-refractivity contribution in [2.45, 2.75) is 39.7 Å². The molecule has 1 fully saturated rings. The van der Waals surface area contributed by atoms with Gasteiger partial charge in [-0.3, -0.25) is 9.59 Å². The zero-order valence-corrected chi connectivity index (χ0v) is 17.3. The second-order valence-electron chi connectivity index (χ2n) is 7.92. The maximum Gasteiger partial charge on any atom is 0.273 e. The first kappa shape index (κ1) is 20.9. The molecule has 0 spiro atoms. The van der Waals surface area contributed by atoms with Gasteiger partial charge in [-0.2, -0.15) is 0 Å². The molecule has 156 valence electrons. The van der Waals surface area contributed by atoms with Crippen molar-refractivity contribution in [2.75, 3.05) is 20.2 Å². The van der Waals surface area contributed by atoms with Gasteiger partial charge in [0, 0.05) is 25.1 Å². The molecule has 3 rings (SSSR count). The maximum absolute atomic E-state index is 12.5. The van der Waals surface area contributed by atoms with Crippen LogP contribution in [0.2, 0.25) is 0 Å². The molecule has 2 aromatic rings. The molecule has 7 nitrogen and oxygen atoms in total. The lowest BCUT2D eigenvalue weighted by Crippen LogP contribution is -2.34. The van der Waals surface area contributed by atoms with Crippen LogP contribution in [0.25, 0.3) is 0 Å². The Balaban J connectivity index is 1.50. The van der Waals surface area contributed by atoms with E-state index in [4.69, 9.17) is 9.26 Å². The summed E-state index contributed by atoms with van der Waals surface area (Å²) in [7, 11) is 1.63. The van der Waals surface area contributed by atoms with Crippen molar-refractivity contribution in [3.8, 4) is 5.75 Å². The monoisotopic (exact) mass is 399 g/mol. The SMILES string of the molecule is COc1ccc(CCNC(=O)c2cc(CN(CC(C)C)C(=O)C3CC3)on2)cc1. The van der Waals surface area contributed by atoms with Crippen LogP contribution in [0, 0.1) is 11.8 Å². The van der Waals surface area contributed by atoms with Gasteiger partial charge in [0.2, 0.25) is 5.91 Å². The lowest BCUT2D eigenvalue weighted by atomic mass is 10.1. The molecule has 1 aliphatic rings. The second-order valence-corrected chi connectivity index (χ2v) is 7.92. The van der Waals surface area contributed by atoms with Gasteiger partial charge in [0.05, 0.1) is 13.7 Å². The third kappa shape index (κ3) is 6.07. The minimum absolute atomic E-state index is 0.150. The lowest BCUT2D eigenvalue weighted by Gasteiger charge is -2.23. The number of methoxy groups -OCH3 is 1. The largest absolute Gasteiger partial charge is 0.497 e. The predicted molar refractivity (Wildman–Crippen MR) is 109 cm³/mol. The standard InChI is InChI=1S/C22H29N3O4/c1-15(2)13-25(22(27)17-6-7-17)14-19-12-20(24-29-19)21(26)23-11-10-16-4-8-18(28-3)9-5-16/h4-5,8-9,12,15,17H,6-7,10-11,13-14H2,1-3H3,(H,23,26). The van der Waals surface area contributed by atoms with Crippen LogP contribution >= 0.6 is 0 Å². The van der Waals surface area contributed by atoms with Crippen LogP contribution in [0.3, 0.4) is 0 Å². The zero-order valence-electron chi connectivity index (χ0n) is 17.3. The van der Waals surface area contributed by atoms with Crippen LogP contribution < -0.4 is 10.1 Å². The fraction of sp³-hybridized carbons (Fsp3) is 0.500. The van der Waals surface area contributed by atoms with E-state index >= 15 is 0 Å².